The highest BCUT2D eigenvalue weighted by atomic mass is 35.5. The number of nitrogens with one attached hydrogen (secondary N) is 1. The van der Waals surface area contributed by atoms with E-state index in [0.717, 1.165) is 25.7 Å². The molecule has 0 bridgehead atoms. The zero-order valence-corrected chi connectivity index (χ0v) is 15.5. The second kappa shape index (κ2) is 7.60. The molecule has 2 aliphatic rings. The Labute approximate surface area is 152 Å². The summed E-state index contributed by atoms with van der Waals surface area (Å²) in [6, 6.07) is 4.34. The first-order valence-corrected chi connectivity index (χ1v) is 10.4. The largest absolute Gasteiger partial charge is 0.356 e. The number of amides is 1. The van der Waals surface area contributed by atoms with Crippen LogP contribution in [0.5, 0.6) is 0 Å². The Morgan fingerprint density at radius 3 is 2.52 bits per heavy atom. The van der Waals surface area contributed by atoms with Gasteiger partial charge in [0.1, 0.15) is 5.82 Å². The van der Waals surface area contributed by atoms with Crippen LogP contribution in [0.25, 0.3) is 0 Å². The Bertz CT molecular complexity index is 724. The fourth-order valence-corrected chi connectivity index (χ4v) is 5.23. The van der Waals surface area contributed by atoms with Gasteiger partial charge >= 0.3 is 0 Å². The summed E-state index contributed by atoms with van der Waals surface area (Å²) in [7, 11) is -3.10. The van der Waals surface area contributed by atoms with Gasteiger partial charge in [-0.2, -0.15) is 0 Å². The quantitative estimate of drug-likeness (QED) is 0.813. The van der Waals surface area contributed by atoms with Crippen LogP contribution < -0.4 is 5.32 Å². The van der Waals surface area contributed by atoms with Crippen LogP contribution in [-0.4, -0.2) is 43.5 Å². The van der Waals surface area contributed by atoms with E-state index in [1.165, 1.54) is 12.1 Å². The molecule has 1 heterocycles. The van der Waals surface area contributed by atoms with E-state index in [0.29, 0.717) is 19.6 Å². The molecule has 0 spiro atoms. The Balaban J connectivity index is 1.44. The molecule has 8 heteroatoms. The Morgan fingerprint density at radius 1 is 1.24 bits per heavy atom. The minimum absolute atomic E-state index is 0.0968. The number of hydrogen-bond acceptors (Lipinski definition) is 3. The van der Waals surface area contributed by atoms with E-state index in [2.05, 4.69) is 5.32 Å². The van der Waals surface area contributed by atoms with Crippen LogP contribution in [-0.2, 0) is 21.2 Å². The lowest BCUT2D eigenvalue weighted by atomic mass is 9.98. The molecule has 1 N–H and O–H groups in total. The van der Waals surface area contributed by atoms with E-state index < -0.39 is 15.8 Å². The van der Waals surface area contributed by atoms with Gasteiger partial charge in [-0.3, -0.25) is 4.79 Å². The molecule has 0 aromatic heterocycles. The van der Waals surface area contributed by atoms with Crippen LogP contribution in [0, 0.1) is 11.7 Å². The second-order valence-electron chi connectivity index (χ2n) is 6.77. The number of benzene rings is 1. The molecular weight excluding hydrogens is 367 g/mol. The summed E-state index contributed by atoms with van der Waals surface area (Å²) in [4.78, 5) is 12.0. The van der Waals surface area contributed by atoms with Crippen LogP contribution in [0.3, 0.4) is 0 Å². The zero-order chi connectivity index (χ0) is 18.0. The average molecular weight is 389 g/mol. The molecule has 3 rings (SSSR count). The molecule has 138 valence electrons. The summed E-state index contributed by atoms with van der Waals surface area (Å²) < 4.78 is 39.7. The molecule has 1 aromatic rings. The van der Waals surface area contributed by atoms with Crippen molar-refractivity contribution in [2.24, 2.45) is 5.92 Å². The number of hydrogen-bond donors (Lipinski definition) is 1. The number of halogens is 2. The Kier molecular flexibility index (Phi) is 5.65. The maximum Gasteiger partial charge on any atom is 0.224 e. The van der Waals surface area contributed by atoms with Gasteiger partial charge in [-0.25, -0.2) is 17.1 Å². The number of rotatable bonds is 6. The van der Waals surface area contributed by atoms with Gasteiger partial charge in [0.15, 0.2) is 0 Å². The molecule has 5 nitrogen and oxygen atoms in total. The van der Waals surface area contributed by atoms with Crippen LogP contribution in [0.2, 0.25) is 5.02 Å². The van der Waals surface area contributed by atoms with E-state index in [1.54, 1.807) is 10.4 Å². The molecule has 1 aromatic carbocycles. The van der Waals surface area contributed by atoms with Gasteiger partial charge in [0, 0.05) is 30.2 Å². The summed E-state index contributed by atoms with van der Waals surface area (Å²) in [5, 5.41) is 2.88. The van der Waals surface area contributed by atoms with Crippen molar-refractivity contribution in [1.82, 2.24) is 9.62 Å². The summed E-state index contributed by atoms with van der Waals surface area (Å²) >= 11 is 5.93. The fraction of sp³-hybridized carbons (Fsp3) is 0.588. The maximum absolute atomic E-state index is 13.7. The number of carbonyl (C=O) groups is 1. The summed E-state index contributed by atoms with van der Waals surface area (Å²) in [5.74, 6) is -0.521. The van der Waals surface area contributed by atoms with Gasteiger partial charge in [-0.1, -0.05) is 17.7 Å². The van der Waals surface area contributed by atoms with Crippen molar-refractivity contribution in [1.29, 1.82) is 0 Å². The lowest BCUT2D eigenvalue weighted by molar-refractivity contribution is -0.120. The summed E-state index contributed by atoms with van der Waals surface area (Å²) in [6.45, 7) is 1.50. The molecular formula is C17H22ClFN2O3S. The first kappa shape index (κ1) is 18.6. The molecule has 1 saturated heterocycles. The fourth-order valence-electron chi connectivity index (χ4n) is 3.13. The summed E-state index contributed by atoms with van der Waals surface area (Å²) in [5.41, 5.74) is 0.201. The molecule has 1 saturated carbocycles. The highest BCUT2D eigenvalue weighted by Gasteiger charge is 2.41. The van der Waals surface area contributed by atoms with Gasteiger partial charge < -0.3 is 5.32 Å². The van der Waals surface area contributed by atoms with Crippen LogP contribution in [0.4, 0.5) is 4.39 Å². The average Bonchev–Trinajstić information content (AvgIpc) is 3.42. The molecule has 1 amide bonds. The third kappa shape index (κ3) is 4.51. The minimum atomic E-state index is -3.10. The lowest BCUT2D eigenvalue weighted by Crippen LogP contribution is -2.42. The normalized spacial score (nSPS) is 19.8. The third-order valence-electron chi connectivity index (χ3n) is 4.87. The minimum Gasteiger partial charge on any atom is -0.356 e. The predicted molar refractivity (Wildman–Crippen MR) is 94.4 cm³/mol. The first-order chi connectivity index (χ1) is 11.9. The second-order valence-corrected chi connectivity index (χ2v) is 9.39. The van der Waals surface area contributed by atoms with E-state index in [9.17, 15) is 17.6 Å². The van der Waals surface area contributed by atoms with E-state index >= 15 is 0 Å². The Morgan fingerprint density at radius 2 is 1.92 bits per heavy atom. The topological polar surface area (TPSA) is 66.5 Å². The maximum atomic E-state index is 13.7. The number of carbonyl (C=O) groups excluding carboxylic acids is 1. The predicted octanol–water partition coefficient (Wildman–Crippen LogP) is 2.34. The monoisotopic (exact) mass is 388 g/mol. The van der Waals surface area contributed by atoms with Gasteiger partial charge in [0.25, 0.3) is 0 Å². The highest BCUT2D eigenvalue weighted by Crippen LogP contribution is 2.33. The SMILES string of the molecule is O=C(Cc1c(F)cccc1Cl)NCC1CCN(S(=O)(=O)C2CC2)CC1. The van der Waals surface area contributed by atoms with Crippen molar-refractivity contribution >= 4 is 27.5 Å². The Hall–Kier alpha value is -1.18. The van der Waals surface area contributed by atoms with Gasteiger partial charge in [0.2, 0.25) is 15.9 Å². The molecule has 0 unspecified atom stereocenters. The smallest absolute Gasteiger partial charge is 0.224 e. The van der Waals surface area contributed by atoms with Crippen molar-refractivity contribution in [3.63, 3.8) is 0 Å². The standard InChI is InChI=1S/C17H22ClFN2O3S/c18-15-2-1-3-16(19)14(15)10-17(22)20-11-12-6-8-21(9-7-12)25(23,24)13-4-5-13/h1-3,12-13H,4-11H2,(H,20,22). The molecule has 0 atom stereocenters. The van der Waals surface area contributed by atoms with E-state index in [4.69, 9.17) is 11.6 Å². The van der Waals surface area contributed by atoms with E-state index in [1.807, 2.05) is 0 Å². The molecule has 25 heavy (non-hydrogen) atoms. The zero-order valence-electron chi connectivity index (χ0n) is 13.9. The van der Waals surface area contributed by atoms with Crippen molar-refractivity contribution in [2.45, 2.75) is 37.4 Å². The van der Waals surface area contributed by atoms with Gasteiger partial charge in [-0.15, -0.1) is 0 Å². The van der Waals surface area contributed by atoms with Gasteiger partial charge in [0.05, 0.1) is 11.7 Å². The number of nitrogens with zero attached hydrogens (tertiary/aromatic N) is 1. The lowest BCUT2D eigenvalue weighted by Gasteiger charge is -2.31. The van der Waals surface area contributed by atoms with E-state index in [-0.39, 0.29) is 34.1 Å². The number of sulfonamides is 1. The van der Waals surface area contributed by atoms with Crippen molar-refractivity contribution in [3.05, 3.63) is 34.6 Å². The third-order valence-corrected chi connectivity index (χ3v) is 7.62. The highest BCUT2D eigenvalue weighted by molar-refractivity contribution is 7.90. The van der Waals surface area contributed by atoms with Crippen molar-refractivity contribution < 1.29 is 17.6 Å². The van der Waals surface area contributed by atoms with Crippen LogP contribution in [0.15, 0.2) is 18.2 Å². The molecule has 1 aliphatic carbocycles. The van der Waals surface area contributed by atoms with Crippen LogP contribution >= 0.6 is 11.6 Å². The summed E-state index contributed by atoms with van der Waals surface area (Å²) in [6.07, 6.45) is 2.91. The van der Waals surface area contributed by atoms with Crippen molar-refractivity contribution in [2.75, 3.05) is 19.6 Å². The first-order valence-electron chi connectivity index (χ1n) is 8.56. The van der Waals surface area contributed by atoms with Crippen molar-refractivity contribution in [3.8, 4) is 0 Å². The molecule has 0 radical (unpaired) electrons. The molecule has 2 fully saturated rings. The van der Waals surface area contributed by atoms with Crippen LogP contribution in [0.1, 0.15) is 31.2 Å². The number of piperidine rings is 1. The molecule has 1 aliphatic heterocycles. The van der Waals surface area contributed by atoms with Gasteiger partial charge in [-0.05, 0) is 43.7 Å².